The van der Waals surface area contributed by atoms with Crippen molar-refractivity contribution in [2.24, 2.45) is 0 Å². The van der Waals surface area contributed by atoms with Crippen molar-refractivity contribution in [2.45, 2.75) is 20.8 Å². The highest BCUT2D eigenvalue weighted by molar-refractivity contribution is 7.82. The maximum Gasteiger partial charge on any atom is 0.276 e. The van der Waals surface area contributed by atoms with Crippen LogP contribution < -0.4 is 9.46 Å². The van der Waals surface area contributed by atoms with Gasteiger partial charge in [0.25, 0.3) is 5.91 Å². The van der Waals surface area contributed by atoms with Crippen LogP contribution in [0.2, 0.25) is 0 Å². The Morgan fingerprint density at radius 3 is 2.69 bits per heavy atom. The van der Waals surface area contributed by atoms with Gasteiger partial charge in [-0.05, 0) is 18.4 Å². The highest BCUT2D eigenvalue weighted by Gasteiger charge is 2.14. The van der Waals surface area contributed by atoms with Gasteiger partial charge in [-0.15, -0.1) is 11.3 Å². The second-order valence-corrected chi connectivity index (χ2v) is 4.46. The van der Waals surface area contributed by atoms with Crippen LogP contribution in [-0.4, -0.2) is 23.0 Å². The predicted molar refractivity (Wildman–Crippen MR) is 68.4 cm³/mol. The number of amides is 1. The lowest BCUT2D eigenvalue weighted by atomic mass is 10.4. The zero-order chi connectivity index (χ0) is 12.6. The van der Waals surface area contributed by atoms with Gasteiger partial charge in [0.15, 0.2) is 0 Å². The van der Waals surface area contributed by atoms with Gasteiger partial charge in [-0.1, -0.05) is 13.8 Å². The minimum absolute atomic E-state index is 0.357. The number of hydrogen-bond acceptors (Lipinski definition) is 4. The summed E-state index contributed by atoms with van der Waals surface area (Å²) in [6.45, 7) is 6.35. The second kappa shape index (κ2) is 8.29. The zero-order valence-electron chi connectivity index (χ0n) is 9.90. The van der Waals surface area contributed by atoms with Gasteiger partial charge in [-0.2, -0.15) is 0 Å². The number of hydrogen-bond donors (Lipinski definition) is 1. The van der Waals surface area contributed by atoms with Crippen LogP contribution in [0.4, 0.5) is 0 Å². The van der Waals surface area contributed by atoms with Crippen molar-refractivity contribution in [3.05, 3.63) is 16.3 Å². The molecule has 0 spiro atoms. The lowest BCUT2D eigenvalue weighted by Crippen LogP contribution is -2.24. The largest absolute Gasteiger partial charge is 0.492 e. The molecule has 0 bridgehead atoms. The van der Waals surface area contributed by atoms with Crippen LogP contribution in [0.25, 0.3) is 0 Å². The lowest BCUT2D eigenvalue weighted by Gasteiger charge is -2.03. The van der Waals surface area contributed by atoms with E-state index in [1.807, 2.05) is 20.8 Å². The summed E-state index contributed by atoms with van der Waals surface area (Å²) in [6, 6.07) is 1.72. The normalized spacial score (nSPS) is 11.0. The van der Waals surface area contributed by atoms with Crippen molar-refractivity contribution < 1.29 is 13.7 Å². The fourth-order valence-electron chi connectivity index (χ4n) is 0.909. The molecule has 0 saturated heterocycles. The monoisotopic (exact) mass is 263 g/mol. The van der Waals surface area contributed by atoms with Crippen molar-refractivity contribution in [3.63, 3.8) is 0 Å². The Morgan fingerprint density at radius 2 is 2.19 bits per heavy atom. The molecular formula is C10H17NO3S2. The van der Waals surface area contributed by atoms with E-state index >= 15 is 0 Å². The minimum atomic E-state index is -1.34. The first kappa shape index (κ1) is 15.1. The summed E-state index contributed by atoms with van der Waals surface area (Å²) in [6.07, 6.45) is 1.41. The molecule has 1 unspecified atom stereocenters. The van der Waals surface area contributed by atoms with E-state index in [4.69, 9.17) is 4.74 Å². The molecule has 1 aromatic rings. The number of carbonyl (C=O) groups excluding carboxylic acids is 1. The van der Waals surface area contributed by atoms with E-state index in [0.717, 1.165) is 0 Å². The third-order valence-corrected chi connectivity index (χ3v) is 2.74. The Hall–Kier alpha value is -0.880. The molecule has 1 heterocycles. The fourth-order valence-corrected chi connectivity index (χ4v) is 2.07. The van der Waals surface area contributed by atoms with E-state index in [-0.39, 0.29) is 5.91 Å². The summed E-state index contributed by atoms with van der Waals surface area (Å²) < 4.78 is 18.3. The van der Waals surface area contributed by atoms with Gasteiger partial charge in [0.05, 0.1) is 6.61 Å². The van der Waals surface area contributed by atoms with Gasteiger partial charge in [-0.3, -0.25) is 9.52 Å². The number of rotatable bonds is 4. The first-order chi connectivity index (χ1) is 7.65. The molecular weight excluding hydrogens is 246 g/mol. The highest BCUT2D eigenvalue weighted by atomic mass is 32.2. The Bertz CT molecular complexity index is 350. The average Bonchev–Trinajstić information content (AvgIpc) is 2.69. The fraction of sp³-hybridized carbons (Fsp3) is 0.500. The van der Waals surface area contributed by atoms with Gasteiger partial charge in [0, 0.05) is 6.26 Å². The Kier molecular flexibility index (Phi) is 7.84. The smallest absolute Gasteiger partial charge is 0.276 e. The molecule has 0 aliphatic carbocycles. The van der Waals surface area contributed by atoms with Crippen molar-refractivity contribution in [2.75, 3.05) is 12.9 Å². The number of carbonyl (C=O) groups is 1. The van der Waals surface area contributed by atoms with Crippen LogP contribution in [-0.2, 0) is 11.0 Å². The van der Waals surface area contributed by atoms with Crippen LogP contribution in [0.5, 0.6) is 5.75 Å². The summed E-state index contributed by atoms with van der Waals surface area (Å²) in [4.78, 5) is 11.9. The van der Waals surface area contributed by atoms with Crippen LogP contribution >= 0.6 is 11.3 Å². The van der Waals surface area contributed by atoms with E-state index in [9.17, 15) is 9.00 Å². The van der Waals surface area contributed by atoms with Gasteiger partial charge in [0.2, 0.25) is 0 Å². The first-order valence-corrected chi connectivity index (χ1v) is 7.43. The zero-order valence-corrected chi connectivity index (χ0v) is 11.5. The standard InChI is InChI=1S/C8H11NO3S2.C2H6/c1-3-12-6-4-5-13-7(6)8(10)9-14(2)11;1-2/h4-5H,3H2,1-2H3,(H,9,10);1-2H3. The number of nitrogens with one attached hydrogen (secondary N) is 1. The molecule has 0 saturated carbocycles. The molecule has 1 N–H and O–H groups in total. The molecule has 0 fully saturated rings. The van der Waals surface area contributed by atoms with E-state index in [2.05, 4.69) is 4.72 Å². The van der Waals surface area contributed by atoms with E-state index < -0.39 is 11.0 Å². The highest BCUT2D eigenvalue weighted by Crippen LogP contribution is 2.24. The molecule has 4 nitrogen and oxygen atoms in total. The quantitative estimate of drug-likeness (QED) is 0.906. The lowest BCUT2D eigenvalue weighted by molar-refractivity contribution is 0.0984. The SMILES string of the molecule is CC.CCOc1ccsc1C(=O)NS(C)=O. The molecule has 6 heteroatoms. The second-order valence-electron chi connectivity index (χ2n) is 2.43. The van der Waals surface area contributed by atoms with Gasteiger partial charge in [-0.25, -0.2) is 4.21 Å². The molecule has 0 radical (unpaired) electrons. The molecule has 92 valence electrons. The molecule has 1 rings (SSSR count). The Balaban J connectivity index is 0.00000106. The van der Waals surface area contributed by atoms with Crippen LogP contribution in [0.3, 0.4) is 0 Å². The molecule has 16 heavy (non-hydrogen) atoms. The van der Waals surface area contributed by atoms with E-state index in [1.165, 1.54) is 17.6 Å². The summed E-state index contributed by atoms with van der Waals surface area (Å²) in [5.74, 6) is 0.185. The molecule has 1 amide bonds. The maximum absolute atomic E-state index is 11.4. The van der Waals surface area contributed by atoms with E-state index in [1.54, 1.807) is 11.4 Å². The van der Waals surface area contributed by atoms with Crippen molar-refractivity contribution in [1.82, 2.24) is 4.72 Å². The van der Waals surface area contributed by atoms with Crippen molar-refractivity contribution in [3.8, 4) is 5.75 Å². The predicted octanol–water partition coefficient (Wildman–Crippen LogP) is 2.20. The van der Waals surface area contributed by atoms with Gasteiger partial charge >= 0.3 is 0 Å². The summed E-state index contributed by atoms with van der Waals surface area (Å²) in [5.41, 5.74) is 0. The van der Waals surface area contributed by atoms with Gasteiger partial charge in [0.1, 0.15) is 21.6 Å². The Labute approximate surface area is 103 Å². The van der Waals surface area contributed by atoms with E-state index in [0.29, 0.717) is 17.2 Å². The van der Waals surface area contributed by atoms with Crippen LogP contribution in [0.15, 0.2) is 11.4 Å². The van der Waals surface area contributed by atoms with Crippen molar-refractivity contribution >= 4 is 28.2 Å². The molecule has 1 aromatic heterocycles. The molecule has 0 aliphatic heterocycles. The average molecular weight is 263 g/mol. The van der Waals surface area contributed by atoms with Crippen LogP contribution in [0.1, 0.15) is 30.4 Å². The maximum atomic E-state index is 11.4. The van der Waals surface area contributed by atoms with Crippen LogP contribution in [0, 0.1) is 0 Å². The molecule has 0 aliphatic rings. The van der Waals surface area contributed by atoms with Gasteiger partial charge < -0.3 is 4.74 Å². The molecule has 1 atom stereocenters. The summed E-state index contributed by atoms with van der Waals surface area (Å²) >= 11 is 1.27. The number of ether oxygens (including phenoxy) is 1. The third-order valence-electron chi connectivity index (χ3n) is 1.37. The minimum Gasteiger partial charge on any atom is -0.492 e. The van der Waals surface area contributed by atoms with Crippen molar-refractivity contribution in [1.29, 1.82) is 0 Å². The Morgan fingerprint density at radius 1 is 1.56 bits per heavy atom. The summed E-state index contributed by atoms with van der Waals surface area (Å²) in [7, 11) is -1.34. The topological polar surface area (TPSA) is 55.4 Å². The molecule has 0 aromatic carbocycles. The first-order valence-electron chi connectivity index (χ1n) is 4.99. The third kappa shape index (κ3) is 4.76. The summed E-state index contributed by atoms with van der Waals surface area (Å²) in [5, 5.41) is 1.76. The number of thiophene rings is 1.